The van der Waals surface area contributed by atoms with Crippen molar-refractivity contribution in [1.82, 2.24) is 5.32 Å². The number of rotatable bonds is 15. The first kappa shape index (κ1) is 19.8. The minimum absolute atomic E-state index is 0.0487. The van der Waals surface area contributed by atoms with Crippen LogP contribution in [-0.4, -0.2) is 62.4 Å². The molecule has 0 bridgehead atoms. The number of hydrogen-bond donors (Lipinski definition) is 3. The maximum Gasteiger partial charge on any atom is 0.0897 e. The molecule has 0 aromatic rings. The molecule has 0 aromatic heterocycles. The Hall–Kier alpha value is -0.200. The van der Waals surface area contributed by atoms with Gasteiger partial charge in [-0.1, -0.05) is 33.1 Å². The van der Waals surface area contributed by atoms with Gasteiger partial charge in [-0.25, -0.2) is 0 Å². The summed E-state index contributed by atoms with van der Waals surface area (Å²) in [5.74, 6) is 0.613. The van der Waals surface area contributed by atoms with Gasteiger partial charge in [0.15, 0.2) is 0 Å². The van der Waals surface area contributed by atoms with Crippen LogP contribution < -0.4 is 5.32 Å². The van der Waals surface area contributed by atoms with Gasteiger partial charge in [-0.2, -0.15) is 0 Å². The fraction of sp³-hybridized carbons (Fsp3) is 1.00. The van der Waals surface area contributed by atoms with Gasteiger partial charge in [-0.05, 0) is 12.3 Å². The summed E-state index contributed by atoms with van der Waals surface area (Å²) in [6.07, 6.45) is 4.35. The summed E-state index contributed by atoms with van der Waals surface area (Å²) in [5, 5.41) is 21.4. The van der Waals surface area contributed by atoms with Crippen molar-refractivity contribution in [1.29, 1.82) is 0 Å². The molecular formula is C15H33NO4. The van der Waals surface area contributed by atoms with E-state index in [1.54, 1.807) is 0 Å². The summed E-state index contributed by atoms with van der Waals surface area (Å²) in [7, 11) is 0. The van der Waals surface area contributed by atoms with Crippen molar-refractivity contribution in [2.75, 3.05) is 46.1 Å². The zero-order valence-corrected chi connectivity index (χ0v) is 13.1. The molecule has 0 spiro atoms. The molecule has 3 N–H and O–H groups in total. The Bertz CT molecular complexity index is 193. The van der Waals surface area contributed by atoms with Crippen LogP contribution in [0.2, 0.25) is 0 Å². The lowest BCUT2D eigenvalue weighted by Gasteiger charge is -2.17. The second-order valence-corrected chi connectivity index (χ2v) is 5.15. The Labute approximate surface area is 123 Å². The van der Waals surface area contributed by atoms with Crippen LogP contribution in [0.4, 0.5) is 0 Å². The Morgan fingerprint density at radius 1 is 1.10 bits per heavy atom. The fourth-order valence-corrected chi connectivity index (χ4v) is 1.91. The molecule has 0 saturated carbocycles. The van der Waals surface area contributed by atoms with E-state index in [0.717, 1.165) is 13.0 Å². The fourth-order valence-electron chi connectivity index (χ4n) is 1.91. The topological polar surface area (TPSA) is 71.0 Å². The second-order valence-electron chi connectivity index (χ2n) is 5.15. The number of ether oxygens (including phenoxy) is 2. The molecule has 122 valence electrons. The number of aliphatic hydroxyl groups is 2. The van der Waals surface area contributed by atoms with E-state index >= 15 is 0 Å². The van der Waals surface area contributed by atoms with Crippen LogP contribution in [0.25, 0.3) is 0 Å². The summed E-state index contributed by atoms with van der Waals surface area (Å²) in [6, 6.07) is 0. The van der Waals surface area contributed by atoms with Gasteiger partial charge in [-0.3, -0.25) is 0 Å². The normalized spacial score (nSPS) is 14.4. The number of nitrogens with one attached hydrogen (secondary N) is 1. The molecule has 0 saturated heterocycles. The van der Waals surface area contributed by atoms with Crippen LogP contribution in [0, 0.1) is 5.92 Å². The predicted molar refractivity (Wildman–Crippen MR) is 80.9 cm³/mol. The Kier molecular flexibility index (Phi) is 15.0. The third-order valence-corrected chi connectivity index (χ3v) is 3.25. The van der Waals surface area contributed by atoms with Crippen molar-refractivity contribution in [3.8, 4) is 0 Å². The van der Waals surface area contributed by atoms with E-state index in [9.17, 15) is 5.11 Å². The van der Waals surface area contributed by atoms with E-state index in [2.05, 4.69) is 19.2 Å². The van der Waals surface area contributed by atoms with Crippen molar-refractivity contribution in [3.63, 3.8) is 0 Å². The molecule has 5 heteroatoms. The van der Waals surface area contributed by atoms with Gasteiger partial charge in [0.2, 0.25) is 0 Å². The molecule has 20 heavy (non-hydrogen) atoms. The molecule has 0 heterocycles. The summed E-state index contributed by atoms with van der Waals surface area (Å²) < 4.78 is 10.7. The minimum atomic E-state index is -0.475. The predicted octanol–water partition coefficient (Wildman–Crippen LogP) is 1.18. The highest BCUT2D eigenvalue weighted by molar-refractivity contribution is 4.60. The lowest BCUT2D eigenvalue weighted by molar-refractivity contribution is 0.0182. The van der Waals surface area contributed by atoms with E-state index in [1.807, 2.05) is 0 Å². The standard InChI is InChI=1S/C15H33NO4/c1-3-5-6-14(4-2)12-20-13-15(18)11-16-7-9-19-10-8-17/h14-18H,3-13H2,1-2H3. The molecule has 0 aromatic carbocycles. The van der Waals surface area contributed by atoms with E-state index < -0.39 is 6.10 Å². The van der Waals surface area contributed by atoms with Crippen molar-refractivity contribution >= 4 is 0 Å². The third-order valence-electron chi connectivity index (χ3n) is 3.25. The Balaban J connectivity index is 3.40. The van der Waals surface area contributed by atoms with E-state index in [4.69, 9.17) is 14.6 Å². The van der Waals surface area contributed by atoms with Crippen LogP contribution in [0.15, 0.2) is 0 Å². The minimum Gasteiger partial charge on any atom is -0.394 e. The van der Waals surface area contributed by atoms with Gasteiger partial charge in [0.25, 0.3) is 0 Å². The zero-order valence-electron chi connectivity index (χ0n) is 13.1. The summed E-state index contributed by atoms with van der Waals surface area (Å²) >= 11 is 0. The first-order valence-electron chi connectivity index (χ1n) is 7.89. The van der Waals surface area contributed by atoms with Gasteiger partial charge < -0.3 is 25.0 Å². The molecule has 0 aliphatic rings. The molecule has 0 aliphatic heterocycles. The van der Waals surface area contributed by atoms with Crippen molar-refractivity contribution < 1.29 is 19.7 Å². The molecule has 5 nitrogen and oxygen atoms in total. The Morgan fingerprint density at radius 2 is 1.90 bits per heavy atom. The lowest BCUT2D eigenvalue weighted by Crippen LogP contribution is -2.33. The summed E-state index contributed by atoms with van der Waals surface area (Å²) in [4.78, 5) is 0. The Morgan fingerprint density at radius 3 is 2.55 bits per heavy atom. The highest BCUT2D eigenvalue weighted by Gasteiger charge is 2.08. The third kappa shape index (κ3) is 12.8. The molecule has 0 aliphatic carbocycles. The molecule has 2 unspecified atom stereocenters. The highest BCUT2D eigenvalue weighted by atomic mass is 16.5. The summed E-state index contributed by atoms with van der Waals surface area (Å²) in [6.45, 7) is 7.65. The van der Waals surface area contributed by atoms with Gasteiger partial charge in [0.1, 0.15) is 0 Å². The van der Waals surface area contributed by atoms with Gasteiger partial charge in [0.05, 0.1) is 32.5 Å². The number of hydrogen-bond acceptors (Lipinski definition) is 5. The number of unbranched alkanes of at least 4 members (excludes halogenated alkanes) is 1. The molecule has 0 fully saturated rings. The molecule has 2 atom stereocenters. The monoisotopic (exact) mass is 291 g/mol. The second kappa shape index (κ2) is 15.2. The average molecular weight is 291 g/mol. The lowest BCUT2D eigenvalue weighted by atomic mass is 10.0. The SMILES string of the molecule is CCCCC(CC)COCC(O)CNCCOCCO. The first-order chi connectivity index (χ1) is 9.74. The first-order valence-corrected chi connectivity index (χ1v) is 7.89. The number of aliphatic hydroxyl groups excluding tert-OH is 2. The quantitative estimate of drug-likeness (QED) is 0.395. The maximum absolute atomic E-state index is 9.75. The van der Waals surface area contributed by atoms with E-state index in [-0.39, 0.29) is 6.61 Å². The van der Waals surface area contributed by atoms with Crippen LogP contribution in [0.5, 0.6) is 0 Å². The van der Waals surface area contributed by atoms with Crippen LogP contribution in [0.1, 0.15) is 39.5 Å². The van der Waals surface area contributed by atoms with Gasteiger partial charge >= 0.3 is 0 Å². The highest BCUT2D eigenvalue weighted by Crippen LogP contribution is 2.12. The smallest absolute Gasteiger partial charge is 0.0897 e. The average Bonchev–Trinajstić information content (AvgIpc) is 2.46. The van der Waals surface area contributed by atoms with E-state index in [0.29, 0.717) is 38.8 Å². The summed E-state index contributed by atoms with van der Waals surface area (Å²) in [5.41, 5.74) is 0. The van der Waals surface area contributed by atoms with Gasteiger partial charge in [0, 0.05) is 19.7 Å². The van der Waals surface area contributed by atoms with Crippen molar-refractivity contribution in [3.05, 3.63) is 0 Å². The molecular weight excluding hydrogens is 258 g/mol. The van der Waals surface area contributed by atoms with Crippen LogP contribution in [-0.2, 0) is 9.47 Å². The zero-order chi connectivity index (χ0) is 15.1. The van der Waals surface area contributed by atoms with Gasteiger partial charge in [-0.15, -0.1) is 0 Å². The molecule has 0 rings (SSSR count). The molecule has 0 radical (unpaired) electrons. The van der Waals surface area contributed by atoms with Crippen LogP contribution in [0.3, 0.4) is 0 Å². The van der Waals surface area contributed by atoms with Crippen molar-refractivity contribution in [2.45, 2.75) is 45.6 Å². The maximum atomic E-state index is 9.75. The van der Waals surface area contributed by atoms with E-state index in [1.165, 1.54) is 19.3 Å². The van der Waals surface area contributed by atoms with Crippen molar-refractivity contribution in [2.24, 2.45) is 5.92 Å². The largest absolute Gasteiger partial charge is 0.394 e. The molecule has 0 amide bonds. The van der Waals surface area contributed by atoms with Crippen LogP contribution >= 0.6 is 0 Å².